The molecule has 2 atom stereocenters. The predicted octanol–water partition coefficient (Wildman–Crippen LogP) is 2.33. The smallest absolute Gasteiger partial charge is 0.245 e. The lowest BCUT2D eigenvalue weighted by Gasteiger charge is -2.40. The van der Waals surface area contributed by atoms with Gasteiger partial charge in [0.15, 0.2) is 0 Å². The summed E-state index contributed by atoms with van der Waals surface area (Å²) in [6, 6.07) is -0.661. The van der Waals surface area contributed by atoms with E-state index < -0.39 is 0 Å². The molecule has 1 saturated heterocycles. The fraction of sp³-hybridized carbons (Fsp3) is 0.875. The SMILES string of the molecule is CC1NC(=O)C(C(C)C)N(CCCC2CCCC2)C1=O. The second-order valence-electron chi connectivity index (χ2n) is 6.74. The van der Waals surface area contributed by atoms with E-state index in [1.54, 1.807) is 6.92 Å². The quantitative estimate of drug-likeness (QED) is 0.840. The second kappa shape index (κ2) is 6.59. The Bertz CT molecular complexity index is 361. The Labute approximate surface area is 122 Å². The van der Waals surface area contributed by atoms with Crippen LogP contribution in [0.15, 0.2) is 0 Å². The van der Waals surface area contributed by atoms with Crippen molar-refractivity contribution in [1.29, 1.82) is 0 Å². The highest BCUT2D eigenvalue weighted by Gasteiger charge is 2.39. The molecule has 0 aromatic rings. The molecule has 0 radical (unpaired) electrons. The highest BCUT2D eigenvalue weighted by atomic mass is 16.2. The molecule has 1 aliphatic carbocycles. The van der Waals surface area contributed by atoms with E-state index in [2.05, 4.69) is 5.32 Å². The molecule has 2 amide bonds. The minimum Gasteiger partial charge on any atom is -0.343 e. The zero-order valence-corrected chi connectivity index (χ0v) is 13.0. The first-order valence-corrected chi connectivity index (χ1v) is 8.11. The Kier molecular flexibility index (Phi) is 5.06. The van der Waals surface area contributed by atoms with Gasteiger partial charge >= 0.3 is 0 Å². The van der Waals surface area contributed by atoms with Gasteiger partial charge in [-0.3, -0.25) is 9.59 Å². The fourth-order valence-corrected chi connectivity index (χ4v) is 3.65. The van der Waals surface area contributed by atoms with Crippen LogP contribution in [0.3, 0.4) is 0 Å². The van der Waals surface area contributed by atoms with Crippen LogP contribution in [-0.2, 0) is 9.59 Å². The predicted molar refractivity (Wildman–Crippen MR) is 79.1 cm³/mol. The molecule has 0 aromatic carbocycles. The van der Waals surface area contributed by atoms with Gasteiger partial charge in [0.2, 0.25) is 11.8 Å². The van der Waals surface area contributed by atoms with Gasteiger partial charge in [0.25, 0.3) is 0 Å². The third-order valence-corrected chi connectivity index (χ3v) is 4.73. The van der Waals surface area contributed by atoms with Crippen LogP contribution in [0.4, 0.5) is 0 Å². The van der Waals surface area contributed by atoms with E-state index in [1.807, 2.05) is 18.7 Å². The molecule has 4 nitrogen and oxygen atoms in total. The fourth-order valence-electron chi connectivity index (χ4n) is 3.65. The average molecular weight is 280 g/mol. The van der Waals surface area contributed by atoms with E-state index in [9.17, 15) is 9.59 Å². The van der Waals surface area contributed by atoms with Crippen molar-refractivity contribution in [2.45, 2.75) is 71.4 Å². The molecule has 114 valence electrons. The summed E-state index contributed by atoms with van der Waals surface area (Å²) in [5.41, 5.74) is 0. The number of nitrogens with zero attached hydrogens (tertiary/aromatic N) is 1. The van der Waals surface area contributed by atoms with Crippen LogP contribution in [0, 0.1) is 11.8 Å². The molecule has 2 fully saturated rings. The van der Waals surface area contributed by atoms with Crippen LogP contribution < -0.4 is 5.32 Å². The lowest BCUT2D eigenvalue weighted by Crippen LogP contribution is -2.64. The molecular formula is C16H28N2O2. The van der Waals surface area contributed by atoms with Crippen LogP contribution in [0.2, 0.25) is 0 Å². The first-order valence-electron chi connectivity index (χ1n) is 8.11. The molecule has 0 bridgehead atoms. The first-order chi connectivity index (χ1) is 9.50. The summed E-state index contributed by atoms with van der Waals surface area (Å²) < 4.78 is 0. The Morgan fingerprint density at radius 1 is 1.25 bits per heavy atom. The van der Waals surface area contributed by atoms with Crippen molar-refractivity contribution in [2.75, 3.05) is 6.54 Å². The molecule has 2 unspecified atom stereocenters. The summed E-state index contributed by atoms with van der Waals surface area (Å²) in [6.45, 7) is 6.53. The number of carbonyl (C=O) groups is 2. The van der Waals surface area contributed by atoms with Crippen molar-refractivity contribution >= 4 is 11.8 Å². The molecule has 0 aromatic heterocycles. The minimum absolute atomic E-state index is 0.00738. The van der Waals surface area contributed by atoms with E-state index in [-0.39, 0.29) is 29.8 Å². The summed E-state index contributed by atoms with van der Waals surface area (Å²) in [7, 11) is 0. The Morgan fingerprint density at radius 3 is 2.50 bits per heavy atom. The van der Waals surface area contributed by atoms with Crippen molar-refractivity contribution in [1.82, 2.24) is 10.2 Å². The number of amides is 2. The summed E-state index contributed by atoms with van der Waals surface area (Å²) in [4.78, 5) is 26.3. The number of rotatable bonds is 5. The zero-order chi connectivity index (χ0) is 14.7. The summed E-state index contributed by atoms with van der Waals surface area (Å²) in [5, 5.41) is 2.79. The van der Waals surface area contributed by atoms with Crippen LogP contribution >= 0.6 is 0 Å². The Morgan fingerprint density at radius 2 is 1.90 bits per heavy atom. The number of piperazine rings is 1. The lowest BCUT2D eigenvalue weighted by molar-refractivity contribution is -0.150. The number of carbonyl (C=O) groups excluding carboxylic acids is 2. The van der Waals surface area contributed by atoms with E-state index in [0.717, 1.165) is 18.9 Å². The van der Waals surface area contributed by atoms with Crippen molar-refractivity contribution < 1.29 is 9.59 Å². The van der Waals surface area contributed by atoms with Gasteiger partial charge in [0, 0.05) is 6.54 Å². The molecular weight excluding hydrogens is 252 g/mol. The monoisotopic (exact) mass is 280 g/mol. The molecule has 0 spiro atoms. The molecule has 20 heavy (non-hydrogen) atoms. The summed E-state index contributed by atoms with van der Waals surface area (Å²) in [6.07, 6.45) is 7.64. The van der Waals surface area contributed by atoms with Crippen molar-refractivity contribution in [3.8, 4) is 0 Å². The highest BCUT2D eigenvalue weighted by molar-refractivity contribution is 5.96. The first kappa shape index (κ1) is 15.3. The minimum atomic E-state index is -0.371. The molecule has 1 saturated carbocycles. The Hall–Kier alpha value is -1.06. The van der Waals surface area contributed by atoms with Crippen LogP contribution in [0.1, 0.15) is 59.3 Å². The van der Waals surface area contributed by atoms with Gasteiger partial charge in [-0.1, -0.05) is 39.5 Å². The molecule has 2 rings (SSSR count). The normalized spacial score (nSPS) is 28.3. The van der Waals surface area contributed by atoms with Crippen LogP contribution in [0.5, 0.6) is 0 Å². The van der Waals surface area contributed by atoms with Gasteiger partial charge in [-0.25, -0.2) is 0 Å². The van der Waals surface area contributed by atoms with Crippen LogP contribution in [0.25, 0.3) is 0 Å². The largest absolute Gasteiger partial charge is 0.343 e. The number of hydrogen-bond donors (Lipinski definition) is 1. The third kappa shape index (κ3) is 3.33. The van der Waals surface area contributed by atoms with E-state index >= 15 is 0 Å². The molecule has 4 heteroatoms. The standard InChI is InChI=1S/C16H28N2O2/c1-11(2)14-15(19)17-12(3)16(20)18(14)10-6-9-13-7-4-5-8-13/h11-14H,4-10H2,1-3H3,(H,17,19). The molecule has 1 N–H and O–H groups in total. The average Bonchev–Trinajstić information content (AvgIpc) is 2.87. The second-order valence-corrected chi connectivity index (χ2v) is 6.74. The summed E-state index contributed by atoms with van der Waals surface area (Å²) >= 11 is 0. The highest BCUT2D eigenvalue weighted by Crippen LogP contribution is 2.29. The van der Waals surface area contributed by atoms with Crippen LogP contribution in [-0.4, -0.2) is 35.3 Å². The maximum Gasteiger partial charge on any atom is 0.245 e. The Balaban J connectivity index is 1.93. The van der Waals surface area contributed by atoms with Crippen molar-refractivity contribution in [3.05, 3.63) is 0 Å². The topological polar surface area (TPSA) is 49.4 Å². The molecule has 1 aliphatic heterocycles. The number of hydrogen-bond acceptors (Lipinski definition) is 2. The maximum absolute atomic E-state index is 12.3. The van der Waals surface area contributed by atoms with E-state index in [1.165, 1.54) is 32.1 Å². The van der Waals surface area contributed by atoms with Crippen molar-refractivity contribution in [3.63, 3.8) is 0 Å². The van der Waals surface area contributed by atoms with Gasteiger partial charge < -0.3 is 10.2 Å². The van der Waals surface area contributed by atoms with Gasteiger partial charge in [0.1, 0.15) is 12.1 Å². The zero-order valence-electron chi connectivity index (χ0n) is 13.0. The van der Waals surface area contributed by atoms with Gasteiger partial charge in [0.05, 0.1) is 0 Å². The van der Waals surface area contributed by atoms with E-state index in [4.69, 9.17) is 0 Å². The third-order valence-electron chi connectivity index (χ3n) is 4.73. The molecule has 2 aliphatic rings. The molecule has 1 heterocycles. The number of nitrogens with one attached hydrogen (secondary N) is 1. The lowest BCUT2D eigenvalue weighted by atomic mass is 9.96. The van der Waals surface area contributed by atoms with Gasteiger partial charge in [-0.05, 0) is 31.6 Å². The maximum atomic E-state index is 12.3. The van der Waals surface area contributed by atoms with Gasteiger partial charge in [-0.15, -0.1) is 0 Å². The van der Waals surface area contributed by atoms with E-state index in [0.29, 0.717) is 0 Å². The summed E-state index contributed by atoms with van der Waals surface area (Å²) in [5.74, 6) is 1.10. The van der Waals surface area contributed by atoms with Crippen molar-refractivity contribution in [2.24, 2.45) is 11.8 Å². The van der Waals surface area contributed by atoms with Gasteiger partial charge in [-0.2, -0.15) is 0 Å².